The van der Waals surface area contributed by atoms with Crippen LogP contribution in [-0.2, 0) is 0 Å². The minimum Gasteiger partial charge on any atom is -0.436 e. The van der Waals surface area contributed by atoms with Gasteiger partial charge in [0.2, 0.25) is 5.55 Å². The number of nitrogens with zero attached hydrogens (tertiary/aromatic N) is 2. The molecule has 4 rings (SSSR count). The lowest BCUT2D eigenvalue weighted by molar-refractivity contribution is 0.0946. The minimum atomic E-state index is -0.703. The van der Waals surface area contributed by atoms with Gasteiger partial charge >= 0.3 is 0 Å². The van der Waals surface area contributed by atoms with E-state index in [0.29, 0.717) is 11.1 Å². The molecule has 7 nitrogen and oxygen atoms in total. The fourth-order valence-electron chi connectivity index (χ4n) is 2.81. The van der Waals surface area contributed by atoms with Crippen LogP contribution in [0.2, 0.25) is 0 Å². The summed E-state index contributed by atoms with van der Waals surface area (Å²) in [7, 11) is 0. The summed E-state index contributed by atoms with van der Waals surface area (Å²) >= 11 is 0. The van der Waals surface area contributed by atoms with Crippen molar-refractivity contribution in [3.05, 3.63) is 83.7 Å². The van der Waals surface area contributed by atoms with Gasteiger partial charge in [0, 0.05) is 23.3 Å². The Morgan fingerprint density at radius 1 is 1.00 bits per heavy atom. The van der Waals surface area contributed by atoms with E-state index < -0.39 is 11.8 Å². The Balaban J connectivity index is 1.84. The van der Waals surface area contributed by atoms with Crippen LogP contribution >= 0.6 is 0 Å². The summed E-state index contributed by atoms with van der Waals surface area (Å²) in [5, 5.41) is 6.61. The Labute approximate surface area is 153 Å². The lowest BCUT2D eigenvalue weighted by Gasteiger charge is -2.06. The van der Waals surface area contributed by atoms with Crippen molar-refractivity contribution >= 4 is 33.6 Å². The molecule has 0 saturated heterocycles. The summed E-state index contributed by atoms with van der Waals surface area (Å²) in [5.41, 5.74) is 8.77. The van der Waals surface area contributed by atoms with Gasteiger partial charge < -0.3 is 10.2 Å². The maximum Gasteiger partial charge on any atom is 0.271 e. The third-order valence-corrected chi connectivity index (χ3v) is 4.12. The second-order valence-electron chi connectivity index (χ2n) is 5.82. The van der Waals surface area contributed by atoms with Crippen LogP contribution in [0.1, 0.15) is 20.7 Å². The Bertz CT molecular complexity index is 1250. The SMILES string of the molecule is NC(=O)c1cc2c(ccc3ccccc32)o/c1=N/NC(=O)c1ccncc1. The first-order valence-corrected chi connectivity index (χ1v) is 8.13. The molecule has 0 saturated carbocycles. The van der Waals surface area contributed by atoms with Gasteiger partial charge in [-0.15, -0.1) is 5.10 Å². The average molecular weight is 358 g/mol. The Hall–Kier alpha value is -4.00. The highest BCUT2D eigenvalue weighted by atomic mass is 16.3. The summed E-state index contributed by atoms with van der Waals surface area (Å²) in [6.45, 7) is 0. The molecule has 0 bridgehead atoms. The van der Waals surface area contributed by atoms with Crippen molar-refractivity contribution in [1.29, 1.82) is 0 Å². The van der Waals surface area contributed by atoms with E-state index in [1.807, 2.05) is 30.3 Å². The van der Waals surface area contributed by atoms with Crippen LogP contribution in [0.15, 0.2) is 76.5 Å². The number of nitrogens with two attached hydrogens (primary N) is 1. The van der Waals surface area contributed by atoms with E-state index in [1.54, 1.807) is 24.3 Å². The topological polar surface area (TPSA) is 111 Å². The number of nitrogens with one attached hydrogen (secondary N) is 1. The normalized spacial score (nSPS) is 11.6. The molecule has 2 amide bonds. The number of rotatable bonds is 3. The molecule has 0 spiro atoms. The van der Waals surface area contributed by atoms with Crippen LogP contribution in [0.25, 0.3) is 21.7 Å². The number of pyridine rings is 1. The zero-order valence-corrected chi connectivity index (χ0v) is 14.0. The number of aromatic nitrogens is 1. The van der Waals surface area contributed by atoms with Gasteiger partial charge in [-0.05, 0) is 35.0 Å². The van der Waals surface area contributed by atoms with E-state index in [0.717, 1.165) is 16.2 Å². The molecule has 4 aromatic rings. The third kappa shape index (κ3) is 3.13. The standard InChI is InChI=1S/C20H14N4O3/c21-18(25)16-11-15-14-4-2-1-3-12(14)5-6-17(15)27-20(16)24-23-19(26)13-7-9-22-10-8-13/h1-11H,(H2,21,25)(H,23,26)/b24-20+. The number of amides is 2. The van der Waals surface area contributed by atoms with Crippen LogP contribution in [0.5, 0.6) is 0 Å². The van der Waals surface area contributed by atoms with E-state index in [2.05, 4.69) is 15.5 Å². The number of hydrogen-bond donors (Lipinski definition) is 2. The molecule has 0 fully saturated rings. The summed E-state index contributed by atoms with van der Waals surface area (Å²) in [4.78, 5) is 27.9. The first kappa shape index (κ1) is 16.5. The maximum absolute atomic E-state index is 12.1. The predicted molar refractivity (Wildman–Crippen MR) is 99.5 cm³/mol. The van der Waals surface area contributed by atoms with E-state index in [-0.39, 0.29) is 11.1 Å². The molecule has 0 aliphatic rings. The number of carbonyl (C=O) groups is 2. The number of carbonyl (C=O) groups excluding carboxylic acids is 2. The smallest absolute Gasteiger partial charge is 0.271 e. The molecule has 0 aliphatic carbocycles. The number of fused-ring (bicyclic) bond motifs is 3. The van der Waals surface area contributed by atoms with Crippen molar-refractivity contribution in [3.8, 4) is 0 Å². The van der Waals surface area contributed by atoms with Crippen LogP contribution in [0, 0.1) is 0 Å². The Morgan fingerprint density at radius 2 is 1.78 bits per heavy atom. The molecule has 27 heavy (non-hydrogen) atoms. The molecule has 3 N–H and O–H groups in total. The van der Waals surface area contributed by atoms with Gasteiger partial charge in [-0.3, -0.25) is 14.6 Å². The van der Waals surface area contributed by atoms with Gasteiger partial charge in [-0.2, -0.15) is 0 Å². The minimum absolute atomic E-state index is 0.0623. The predicted octanol–water partition coefficient (Wildman–Crippen LogP) is 2.33. The second kappa shape index (κ2) is 6.72. The van der Waals surface area contributed by atoms with Crippen molar-refractivity contribution in [2.24, 2.45) is 10.8 Å². The first-order chi connectivity index (χ1) is 13.1. The number of hydrogen-bond acceptors (Lipinski definition) is 5. The van der Waals surface area contributed by atoms with Crippen molar-refractivity contribution in [1.82, 2.24) is 10.4 Å². The highest BCUT2D eigenvalue weighted by Gasteiger charge is 2.12. The highest BCUT2D eigenvalue weighted by molar-refractivity contribution is 6.07. The maximum atomic E-state index is 12.1. The largest absolute Gasteiger partial charge is 0.436 e. The van der Waals surface area contributed by atoms with E-state index in [4.69, 9.17) is 10.2 Å². The molecule has 0 aliphatic heterocycles. The molecule has 0 unspecified atom stereocenters. The second-order valence-corrected chi connectivity index (χ2v) is 5.82. The van der Waals surface area contributed by atoms with Crippen molar-refractivity contribution in [2.75, 3.05) is 0 Å². The number of primary amides is 1. The van der Waals surface area contributed by atoms with E-state index in [9.17, 15) is 9.59 Å². The van der Waals surface area contributed by atoms with Gasteiger partial charge in [0.25, 0.3) is 11.8 Å². The van der Waals surface area contributed by atoms with Crippen molar-refractivity contribution in [2.45, 2.75) is 0 Å². The van der Waals surface area contributed by atoms with Crippen LogP contribution in [0.4, 0.5) is 0 Å². The summed E-state index contributed by atoms with van der Waals surface area (Å²) in [5.74, 6) is -1.16. The first-order valence-electron chi connectivity index (χ1n) is 8.13. The van der Waals surface area contributed by atoms with Gasteiger partial charge in [-0.1, -0.05) is 30.3 Å². The van der Waals surface area contributed by atoms with Crippen LogP contribution in [0.3, 0.4) is 0 Å². The molecule has 132 valence electrons. The summed E-state index contributed by atoms with van der Waals surface area (Å²) in [6, 6.07) is 16.1. The zero-order valence-electron chi connectivity index (χ0n) is 14.0. The fraction of sp³-hybridized carbons (Fsp3) is 0. The van der Waals surface area contributed by atoms with Gasteiger partial charge in [-0.25, -0.2) is 5.43 Å². The quantitative estimate of drug-likeness (QED) is 0.432. The van der Waals surface area contributed by atoms with Crippen LogP contribution in [-0.4, -0.2) is 16.8 Å². The van der Waals surface area contributed by atoms with E-state index >= 15 is 0 Å². The molecule has 7 heteroatoms. The number of benzene rings is 2. The van der Waals surface area contributed by atoms with E-state index in [1.165, 1.54) is 12.4 Å². The van der Waals surface area contributed by atoms with Crippen molar-refractivity contribution < 1.29 is 14.0 Å². The highest BCUT2D eigenvalue weighted by Crippen LogP contribution is 2.24. The average Bonchev–Trinajstić information content (AvgIpc) is 2.71. The van der Waals surface area contributed by atoms with Gasteiger partial charge in [0.1, 0.15) is 11.1 Å². The molecule has 0 atom stereocenters. The lowest BCUT2D eigenvalue weighted by atomic mass is 10.0. The molecule has 0 radical (unpaired) electrons. The van der Waals surface area contributed by atoms with Gasteiger partial charge in [0.05, 0.1) is 0 Å². The monoisotopic (exact) mass is 358 g/mol. The molecular weight excluding hydrogens is 344 g/mol. The summed E-state index contributed by atoms with van der Waals surface area (Å²) in [6.07, 6.45) is 2.99. The van der Waals surface area contributed by atoms with Gasteiger partial charge in [0.15, 0.2) is 0 Å². The Kier molecular flexibility index (Phi) is 4.10. The molecule has 2 heterocycles. The molecular formula is C20H14N4O3. The molecule has 2 aromatic heterocycles. The Morgan fingerprint density at radius 3 is 2.56 bits per heavy atom. The summed E-state index contributed by atoms with van der Waals surface area (Å²) < 4.78 is 5.75. The van der Waals surface area contributed by atoms with Crippen LogP contribution < -0.4 is 16.7 Å². The third-order valence-electron chi connectivity index (χ3n) is 4.12. The fourth-order valence-corrected chi connectivity index (χ4v) is 2.81. The zero-order chi connectivity index (χ0) is 18.8. The van der Waals surface area contributed by atoms with Crippen molar-refractivity contribution in [3.63, 3.8) is 0 Å². The molecule has 2 aromatic carbocycles. The lowest BCUT2D eigenvalue weighted by Crippen LogP contribution is -2.27.